The highest BCUT2D eigenvalue weighted by molar-refractivity contribution is 5.85. The third-order valence-electron chi connectivity index (χ3n) is 4.63. The average molecular weight is 289 g/mol. The van der Waals surface area contributed by atoms with Crippen molar-refractivity contribution < 1.29 is 14.7 Å². The van der Waals surface area contributed by atoms with Crippen molar-refractivity contribution in [3.05, 3.63) is 30.0 Å². The number of hydrogen-bond acceptors (Lipinski definition) is 2. The molecular weight excluding hydrogens is 264 g/mol. The number of aliphatic hydroxyl groups excluding tert-OH is 1. The molecule has 114 valence electrons. The van der Waals surface area contributed by atoms with Gasteiger partial charge in [-0.3, -0.25) is 0 Å². The molecule has 0 saturated carbocycles. The SMILES string of the molecule is COc1ccc2[nH]cc([C@@H](O)C[NH+]3CCC[C@@H](C)C3)c2c1. The predicted octanol–water partition coefficient (Wildman–Crippen LogP) is 1.52. The lowest BCUT2D eigenvalue weighted by Gasteiger charge is -2.29. The summed E-state index contributed by atoms with van der Waals surface area (Å²) in [6.45, 7) is 5.44. The molecule has 4 nitrogen and oxygen atoms in total. The molecule has 0 spiro atoms. The van der Waals surface area contributed by atoms with Gasteiger partial charge in [0.15, 0.2) is 0 Å². The van der Waals surface area contributed by atoms with Crippen LogP contribution in [0.25, 0.3) is 10.9 Å². The van der Waals surface area contributed by atoms with E-state index in [1.165, 1.54) is 30.8 Å². The molecule has 3 rings (SSSR count). The van der Waals surface area contributed by atoms with Gasteiger partial charge in [0.1, 0.15) is 18.4 Å². The number of rotatable bonds is 4. The summed E-state index contributed by atoms with van der Waals surface area (Å²) < 4.78 is 5.29. The van der Waals surface area contributed by atoms with Gasteiger partial charge in [-0.2, -0.15) is 0 Å². The first-order valence-electron chi connectivity index (χ1n) is 7.84. The number of piperidine rings is 1. The van der Waals surface area contributed by atoms with Crippen LogP contribution < -0.4 is 9.64 Å². The number of benzene rings is 1. The molecule has 1 unspecified atom stereocenters. The van der Waals surface area contributed by atoms with Gasteiger partial charge in [0, 0.05) is 28.6 Å². The molecule has 1 aromatic heterocycles. The number of H-pyrrole nitrogens is 1. The molecule has 0 bridgehead atoms. The monoisotopic (exact) mass is 289 g/mol. The summed E-state index contributed by atoms with van der Waals surface area (Å²) in [6, 6.07) is 5.94. The van der Waals surface area contributed by atoms with Crippen molar-refractivity contribution in [1.82, 2.24) is 4.98 Å². The van der Waals surface area contributed by atoms with Crippen LogP contribution in [-0.4, -0.2) is 36.8 Å². The predicted molar refractivity (Wildman–Crippen MR) is 83.8 cm³/mol. The molecule has 4 heteroatoms. The number of aliphatic hydroxyl groups is 1. The maximum absolute atomic E-state index is 10.6. The zero-order valence-corrected chi connectivity index (χ0v) is 12.9. The van der Waals surface area contributed by atoms with E-state index in [4.69, 9.17) is 4.74 Å². The fraction of sp³-hybridized carbons (Fsp3) is 0.529. The third kappa shape index (κ3) is 3.06. The Bertz CT molecular complexity index is 608. The van der Waals surface area contributed by atoms with Gasteiger partial charge in [-0.05, 0) is 31.0 Å². The Hall–Kier alpha value is -1.52. The van der Waals surface area contributed by atoms with Gasteiger partial charge < -0.3 is 19.7 Å². The largest absolute Gasteiger partial charge is 0.497 e. The molecule has 0 aliphatic carbocycles. The summed E-state index contributed by atoms with van der Waals surface area (Å²) in [4.78, 5) is 4.75. The fourth-order valence-corrected chi connectivity index (χ4v) is 3.49. The topological polar surface area (TPSA) is 49.7 Å². The number of aromatic amines is 1. The van der Waals surface area contributed by atoms with Crippen LogP contribution in [0, 0.1) is 5.92 Å². The normalized spacial score (nSPS) is 24.1. The van der Waals surface area contributed by atoms with E-state index in [2.05, 4.69) is 11.9 Å². The van der Waals surface area contributed by atoms with E-state index in [0.717, 1.165) is 34.7 Å². The Balaban J connectivity index is 1.79. The number of methoxy groups -OCH3 is 1. The Labute approximate surface area is 125 Å². The lowest BCUT2D eigenvalue weighted by Crippen LogP contribution is -3.14. The number of fused-ring (bicyclic) bond motifs is 1. The molecule has 1 aromatic carbocycles. The first kappa shape index (κ1) is 14.4. The maximum Gasteiger partial charge on any atom is 0.130 e. The maximum atomic E-state index is 10.6. The molecule has 1 aliphatic heterocycles. The summed E-state index contributed by atoms with van der Waals surface area (Å²) in [5, 5.41) is 11.7. The van der Waals surface area contributed by atoms with Crippen LogP contribution in [0.2, 0.25) is 0 Å². The van der Waals surface area contributed by atoms with Gasteiger partial charge in [-0.15, -0.1) is 0 Å². The zero-order valence-electron chi connectivity index (χ0n) is 12.9. The highest BCUT2D eigenvalue weighted by atomic mass is 16.5. The minimum atomic E-state index is -0.425. The number of aromatic nitrogens is 1. The Morgan fingerprint density at radius 1 is 1.48 bits per heavy atom. The van der Waals surface area contributed by atoms with E-state index in [0.29, 0.717) is 0 Å². The quantitative estimate of drug-likeness (QED) is 0.799. The van der Waals surface area contributed by atoms with Gasteiger partial charge in [0.2, 0.25) is 0 Å². The Morgan fingerprint density at radius 2 is 2.33 bits per heavy atom. The van der Waals surface area contributed by atoms with Crippen molar-refractivity contribution in [3.63, 3.8) is 0 Å². The van der Waals surface area contributed by atoms with E-state index >= 15 is 0 Å². The minimum absolute atomic E-state index is 0.425. The number of ether oxygens (including phenoxy) is 1. The number of nitrogens with one attached hydrogen (secondary N) is 2. The van der Waals surface area contributed by atoms with Crippen LogP contribution >= 0.6 is 0 Å². The number of likely N-dealkylation sites (tertiary alicyclic amines) is 1. The molecule has 0 radical (unpaired) electrons. The molecule has 1 saturated heterocycles. The molecule has 1 aliphatic rings. The number of quaternary nitrogens is 1. The summed E-state index contributed by atoms with van der Waals surface area (Å²) in [6.07, 6.45) is 4.10. The van der Waals surface area contributed by atoms with E-state index in [1.54, 1.807) is 7.11 Å². The molecule has 3 N–H and O–H groups in total. The lowest BCUT2D eigenvalue weighted by molar-refractivity contribution is -0.912. The van der Waals surface area contributed by atoms with Crippen LogP contribution in [0.1, 0.15) is 31.4 Å². The summed E-state index contributed by atoms with van der Waals surface area (Å²) >= 11 is 0. The second-order valence-corrected chi connectivity index (χ2v) is 6.33. The fourth-order valence-electron chi connectivity index (χ4n) is 3.49. The van der Waals surface area contributed by atoms with Gasteiger partial charge in [0.25, 0.3) is 0 Å². The van der Waals surface area contributed by atoms with Gasteiger partial charge in [-0.25, -0.2) is 0 Å². The first-order chi connectivity index (χ1) is 10.2. The zero-order chi connectivity index (χ0) is 14.8. The van der Waals surface area contributed by atoms with Gasteiger partial charge in [-0.1, -0.05) is 6.92 Å². The molecule has 3 atom stereocenters. The van der Waals surface area contributed by atoms with E-state index in [9.17, 15) is 5.11 Å². The average Bonchev–Trinajstić information content (AvgIpc) is 2.90. The lowest BCUT2D eigenvalue weighted by atomic mass is 9.99. The third-order valence-corrected chi connectivity index (χ3v) is 4.63. The van der Waals surface area contributed by atoms with Crippen molar-refractivity contribution in [1.29, 1.82) is 0 Å². The van der Waals surface area contributed by atoms with Crippen LogP contribution in [0.5, 0.6) is 5.75 Å². The van der Waals surface area contributed by atoms with Crippen LogP contribution in [0.4, 0.5) is 0 Å². The number of hydrogen-bond donors (Lipinski definition) is 3. The van der Waals surface area contributed by atoms with Crippen molar-refractivity contribution in [3.8, 4) is 5.75 Å². The molecule has 2 aromatic rings. The molecular formula is C17H25N2O2+. The first-order valence-corrected chi connectivity index (χ1v) is 7.84. The van der Waals surface area contributed by atoms with Crippen molar-refractivity contribution in [2.24, 2.45) is 5.92 Å². The minimum Gasteiger partial charge on any atom is -0.497 e. The van der Waals surface area contributed by atoms with Crippen LogP contribution in [0.15, 0.2) is 24.4 Å². The molecule has 21 heavy (non-hydrogen) atoms. The second-order valence-electron chi connectivity index (χ2n) is 6.33. The summed E-state index contributed by atoms with van der Waals surface area (Å²) in [5.74, 6) is 1.60. The summed E-state index contributed by atoms with van der Waals surface area (Å²) in [5.41, 5.74) is 2.03. The molecule has 0 amide bonds. The molecule has 2 heterocycles. The van der Waals surface area contributed by atoms with Crippen molar-refractivity contribution >= 4 is 10.9 Å². The standard InChI is InChI=1S/C17H24N2O2/c1-12-4-3-7-19(10-12)11-17(20)15-9-18-16-6-5-13(21-2)8-14(15)16/h5-6,8-9,12,17-18,20H,3-4,7,10-11H2,1-2H3/p+1/t12-,17+/m1/s1. The van der Waals surface area contributed by atoms with Gasteiger partial charge in [0.05, 0.1) is 20.2 Å². The van der Waals surface area contributed by atoms with E-state index in [-0.39, 0.29) is 0 Å². The van der Waals surface area contributed by atoms with E-state index in [1.807, 2.05) is 24.4 Å². The molecule has 1 fully saturated rings. The highest BCUT2D eigenvalue weighted by Crippen LogP contribution is 2.27. The van der Waals surface area contributed by atoms with Crippen molar-refractivity contribution in [2.45, 2.75) is 25.9 Å². The van der Waals surface area contributed by atoms with Crippen LogP contribution in [0.3, 0.4) is 0 Å². The van der Waals surface area contributed by atoms with Gasteiger partial charge >= 0.3 is 0 Å². The Morgan fingerprint density at radius 3 is 3.10 bits per heavy atom. The Kier molecular flexibility index (Phi) is 4.17. The summed E-state index contributed by atoms with van der Waals surface area (Å²) in [7, 11) is 1.67. The smallest absolute Gasteiger partial charge is 0.130 e. The van der Waals surface area contributed by atoms with Crippen LogP contribution in [-0.2, 0) is 0 Å². The second kappa shape index (κ2) is 6.08. The van der Waals surface area contributed by atoms with Crippen molar-refractivity contribution in [2.75, 3.05) is 26.7 Å². The highest BCUT2D eigenvalue weighted by Gasteiger charge is 2.24. The van der Waals surface area contributed by atoms with E-state index < -0.39 is 6.10 Å².